The van der Waals surface area contributed by atoms with E-state index in [1.165, 1.54) is 144 Å². The molecular weight excluding hydrogens is 1650 g/mol. The standard InChI is InChI=1S/2C64H46N4/c1-40-13-5-9-17-50(40)46-25-29-59-55(33-46)56-34-47(51-18-10-6-14-41(51)2)26-30-60(56)67(59)63-39-66-64(37-54(63)45-23-21-44(38-65)22-24-45)68-61-31-27-48(52-19-11-7-15-42(52)3)35-57(61)58-36-49(28-32-62(58)68)53-20-12-8-16-43(53)4;1-40-13-5-9-17-50(40)46-25-29-54-55-30-26-47(51-18-10-6-14-41(51)2)34-60(55)67(59(54)33-46)63-39-66-64(37-58(63)45-23-21-44(38-65)22-24-45)68-61-35-48(52-19-11-7-15-42(52)3)27-31-56(61)57-32-28-49(36-62(57)68)53-20-12-8-16-43(53)4/h2*5-37,39H,1-4H3. The van der Waals surface area contributed by atoms with Crippen molar-refractivity contribution in [1.29, 1.82) is 10.5 Å². The highest BCUT2D eigenvalue weighted by molar-refractivity contribution is 6.16. The van der Waals surface area contributed by atoms with E-state index in [-0.39, 0.29) is 0 Å². The Morgan fingerprint density at radius 3 is 0.618 bits per heavy atom. The quantitative estimate of drug-likeness (QED) is 0.108. The number of benzene rings is 18. The SMILES string of the molecule is Cc1ccccc1-c1ccc2c(c1)c1cc(-c3ccccc3C)ccc1n2-c1cc(-c2ccc(C#N)cc2)c(-n2c3ccc(-c4ccccc4C)cc3c3cc(-c4ccccc4C)ccc32)cn1.Cc1ccccc1-c1ccc2c3ccc(-c4ccccc4C)cc3n(-c3cc(-c4ccc(C#N)cc4)c(-n4c5cc(-c6ccccc6C)ccc5c5ccc(-c6ccccc6C)cc54)cn3)c2c1. The van der Waals surface area contributed by atoms with Crippen LogP contribution in [0.2, 0.25) is 0 Å². The molecule has 6 aromatic heterocycles. The highest BCUT2D eigenvalue weighted by Crippen LogP contribution is 2.48. The summed E-state index contributed by atoms with van der Waals surface area (Å²) in [5.74, 6) is 1.61. The minimum absolute atomic E-state index is 0.613. The number of hydrogen-bond donors (Lipinski definition) is 0. The molecule has 0 amide bonds. The Kier molecular flexibility index (Phi) is 20.7. The smallest absolute Gasteiger partial charge is 0.138 e. The van der Waals surface area contributed by atoms with Gasteiger partial charge in [-0.15, -0.1) is 0 Å². The number of pyridine rings is 2. The molecule has 0 unspecified atom stereocenters. The summed E-state index contributed by atoms with van der Waals surface area (Å²) in [7, 11) is 0. The summed E-state index contributed by atoms with van der Waals surface area (Å²) in [5, 5.41) is 29.2. The van der Waals surface area contributed by atoms with Crippen LogP contribution in [0.5, 0.6) is 0 Å². The first-order chi connectivity index (χ1) is 66.6. The zero-order chi connectivity index (χ0) is 92.1. The van der Waals surface area contributed by atoms with Crippen LogP contribution in [0.3, 0.4) is 0 Å². The monoisotopic (exact) mass is 1740 g/mol. The van der Waals surface area contributed by atoms with Crippen LogP contribution in [0.25, 0.3) is 222 Å². The van der Waals surface area contributed by atoms with Gasteiger partial charge in [-0.1, -0.05) is 291 Å². The van der Waals surface area contributed by atoms with Crippen molar-refractivity contribution in [3.63, 3.8) is 0 Å². The van der Waals surface area contributed by atoms with E-state index in [1.54, 1.807) is 0 Å². The van der Waals surface area contributed by atoms with Crippen LogP contribution < -0.4 is 0 Å². The lowest BCUT2D eigenvalue weighted by Gasteiger charge is -2.18. The molecule has 8 heteroatoms. The van der Waals surface area contributed by atoms with Crippen molar-refractivity contribution in [2.24, 2.45) is 0 Å². The van der Waals surface area contributed by atoms with Crippen molar-refractivity contribution in [2.45, 2.75) is 55.4 Å². The second kappa shape index (κ2) is 34.0. The molecule has 0 N–H and O–H groups in total. The van der Waals surface area contributed by atoms with E-state index in [2.05, 4.69) is 468 Å². The molecule has 6 heterocycles. The molecule has 0 fully saturated rings. The lowest BCUT2D eigenvalue weighted by molar-refractivity contribution is 1.06. The van der Waals surface area contributed by atoms with Crippen molar-refractivity contribution in [1.82, 2.24) is 28.2 Å². The number of hydrogen-bond acceptors (Lipinski definition) is 4. The maximum absolute atomic E-state index is 9.97. The van der Waals surface area contributed by atoms with Crippen molar-refractivity contribution in [3.05, 3.63) is 468 Å². The normalized spacial score (nSPS) is 11.5. The van der Waals surface area contributed by atoms with Gasteiger partial charge in [-0.3, -0.25) is 9.13 Å². The molecule has 0 atom stereocenters. The molecule has 18 aromatic carbocycles. The predicted molar refractivity (Wildman–Crippen MR) is 568 cm³/mol. The third kappa shape index (κ3) is 14.4. The third-order valence-corrected chi connectivity index (χ3v) is 28.0. The van der Waals surface area contributed by atoms with Gasteiger partial charge in [0, 0.05) is 54.2 Å². The van der Waals surface area contributed by atoms with Crippen LogP contribution in [0.4, 0.5) is 0 Å². The zero-order valence-corrected chi connectivity index (χ0v) is 76.8. The number of fused-ring (bicyclic) bond motifs is 12. The Hall–Kier alpha value is -17.6. The Morgan fingerprint density at radius 1 is 0.176 bits per heavy atom. The Bertz CT molecular complexity index is 8690. The average Bonchev–Trinajstić information content (AvgIpc) is 1.57. The molecule has 0 saturated carbocycles. The van der Waals surface area contributed by atoms with E-state index in [4.69, 9.17) is 9.97 Å². The molecule has 0 spiro atoms. The van der Waals surface area contributed by atoms with E-state index < -0.39 is 0 Å². The van der Waals surface area contributed by atoms with Gasteiger partial charge in [-0.2, -0.15) is 10.5 Å². The van der Waals surface area contributed by atoms with Crippen LogP contribution in [-0.2, 0) is 0 Å². The predicted octanol–water partition coefficient (Wildman–Crippen LogP) is 33.4. The van der Waals surface area contributed by atoms with E-state index in [0.717, 1.165) is 122 Å². The number of aromatic nitrogens is 6. The molecule has 24 rings (SSSR count). The van der Waals surface area contributed by atoms with Gasteiger partial charge in [0.1, 0.15) is 11.6 Å². The van der Waals surface area contributed by atoms with Crippen molar-refractivity contribution in [3.8, 4) is 146 Å². The maximum Gasteiger partial charge on any atom is 0.138 e. The number of nitriles is 2. The van der Waals surface area contributed by atoms with Gasteiger partial charge < -0.3 is 9.13 Å². The number of rotatable bonds is 14. The maximum atomic E-state index is 9.97. The fourth-order valence-corrected chi connectivity index (χ4v) is 21.0. The largest absolute Gasteiger partial charge is 0.307 e. The first-order valence-corrected chi connectivity index (χ1v) is 46.5. The summed E-state index contributed by atoms with van der Waals surface area (Å²) < 4.78 is 9.47. The molecular formula is C128H92N8. The molecule has 0 aliphatic rings. The number of nitrogens with zero attached hydrogens (tertiary/aromatic N) is 8. The first kappa shape index (κ1) is 82.8. The molecule has 136 heavy (non-hydrogen) atoms. The summed E-state index contributed by atoms with van der Waals surface area (Å²) >= 11 is 0. The van der Waals surface area contributed by atoms with Crippen LogP contribution in [-0.4, -0.2) is 28.2 Å². The molecule has 0 bridgehead atoms. The molecule has 8 nitrogen and oxygen atoms in total. The van der Waals surface area contributed by atoms with Crippen LogP contribution in [0.1, 0.15) is 55.6 Å². The molecule has 0 saturated heterocycles. The molecule has 0 radical (unpaired) electrons. The van der Waals surface area contributed by atoms with E-state index in [0.29, 0.717) is 11.1 Å². The molecule has 24 aromatic rings. The lowest BCUT2D eigenvalue weighted by atomic mass is 9.97. The molecule has 644 valence electrons. The van der Waals surface area contributed by atoms with Crippen LogP contribution in [0.15, 0.2) is 413 Å². The van der Waals surface area contributed by atoms with Crippen molar-refractivity contribution >= 4 is 87.2 Å². The lowest BCUT2D eigenvalue weighted by Crippen LogP contribution is -2.04. The van der Waals surface area contributed by atoms with Gasteiger partial charge in [-0.05, 0) is 309 Å². The van der Waals surface area contributed by atoms with Gasteiger partial charge in [0.05, 0.1) is 91.2 Å². The topological polar surface area (TPSA) is 93.1 Å². The fraction of sp³-hybridized carbons (Fsp3) is 0.0625. The summed E-state index contributed by atoms with van der Waals surface area (Å²) in [6, 6.07) is 149. The summed E-state index contributed by atoms with van der Waals surface area (Å²) in [5.41, 5.74) is 44.7. The fourth-order valence-electron chi connectivity index (χ4n) is 21.0. The molecule has 0 aliphatic heterocycles. The van der Waals surface area contributed by atoms with Crippen molar-refractivity contribution in [2.75, 3.05) is 0 Å². The first-order valence-electron chi connectivity index (χ1n) is 46.5. The van der Waals surface area contributed by atoms with Crippen LogP contribution in [0, 0.1) is 78.1 Å². The second-order valence-electron chi connectivity index (χ2n) is 36.2. The molecule has 0 aliphatic carbocycles. The summed E-state index contributed by atoms with van der Waals surface area (Å²) in [6.07, 6.45) is 4.12. The minimum Gasteiger partial charge on any atom is -0.307 e. The minimum atomic E-state index is 0.613. The van der Waals surface area contributed by atoms with E-state index >= 15 is 0 Å². The second-order valence-corrected chi connectivity index (χ2v) is 36.2. The Labute approximate surface area is 790 Å². The zero-order valence-electron chi connectivity index (χ0n) is 76.8. The Balaban J connectivity index is 0.000000153. The highest BCUT2D eigenvalue weighted by Gasteiger charge is 2.27. The Morgan fingerprint density at radius 2 is 0.375 bits per heavy atom. The highest BCUT2D eigenvalue weighted by atomic mass is 15.1. The van der Waals surface area contributed by atoms with E-state index in [9.17, 15) is 10.5 Å². The van der Waals surface area contributed by atoms with Gasteiger partial charge >= 0.3 is 0 Å². The van der Waals surface area contributed by atoms with Gasteiger partial charge in [-0.25, -0.2) is 9.97 Å². The van der Waals surface area contributed by atoms with Gasteiger partial charge in [0.15, 0.2) is 0 Å². The summed E-state index contributed by atoms with van der Waals surface area (Å²) in [6.45, 7) is 17.4. The third-order valence-electron chi connectivity index (χ3n) is 28.0. The van der Waals surface area contributed by atoms with Gasteiger partial charge in [0.25, 0.3) is 0 Å². The number of aryl methyl sites for hydroxylation is 8. The van der Waals surface area contributed by atoms with Crippen molar-refractivity contribution < 1.29 is 0 Å². The van der Waals surface area contributed by atoms with Gasteiger partial charge in [0.2, 0.25) is 0 Å². The van der Waals surface area contributed by atoms with Crippen LogP contribution >= 0.6 is 0 Å². The summed E-state index contributed by atoms with van der Waals surface area (Å²) in [4.78, 5) is 11.0. The average molecular weight is 1740 g/mol. The van der Waals surface area contributed by atoms with E-state index in [1.807, 2.05) is 30.5 Å².